The lowest BCUT2D eigenvalue weighted by molar-refractivity contribution is -0.384. The van der Waals surface area contributed by atoms with Crippen LogP contribution in [0.1, 0.15) is 24.0 Å². The Labute approximate surface area is 157 Å². The highest BCUT2D eigenvalue weighted by Gasteiger charge is 2.51. The first kappa shape index (κ1) is 18.7. The predicted molar refractivity (Wildman–Crippen MR) is 100 cm³/mol. The molecule has 0 aromatic heterocycles. The average molecular weight is 370 g/mol. The maximum atomic E-state index is 12.7. The fraction of sp³-hybridized carbons (Fsp3) is 0.350. The summed E-state index contributed by atoms with van der Waals surface area (Å²) in [5, 5.41) is 13.8. The lowest BCUT2D eigenvalue weighted by atomic mass is 9.94. The van der Waals surface area contributed by atoms with Gasteiger partial charge in [-0.1, -0.05) is 18.2 Å². The second-order valence-corrected chi connectivity index (χ2v) is 6.58. The molecule has 1 aliphatic rings. The van der Waals surface area contributed by atoms with E-state index in [4.69, 9.17) is 9.47 Å². The molecule has 0 heterocycles. The van der Waals surface area contributed by atoms with Gasteiger partial charge in [-0.05, 0) is 42.5 Å². The summed E-state index contributed by atoms with van der Waals surface area (Å²) in [5.74, 6) is 1.29. The molecule has 3 rings (SSSR count). The second kappa shape index (κ2) is 7.65. The first-order chi connectivity index (χ1) is 13.0. The highest BCUT2D eigenvalue weighted by molar-refractivity contribution is 5.91. The molecule has 7 heteroatoms. The summed E-state index contributed by atoms with van der Waals surface area (Å²) in [5.41, 5.74) is 1.35. The molecule has 7 nitrogen and oxygen atoms in total. The molecule has 0 aliphatic heterocycles. The minimum absolute atomic E-state index is 0.0307. The Morgan fingerprint density at radius 3 is 2.33 bits per heavy atom. The summed E-state index contributed by atoms with van der Waals surface area (Å²) >= 11 is 0. The van der Waals surface area contributed by atoms with Gasteiger partial charge in [-0.15, -0.1) is 0 Å². The third-order valence-corrected chi connectivity index (χ3v) is 4.96. The largest absolute Gasteiger partial charge is 0.493 e. The second-order valence-electron chi connectivity index (χ2n) is 6.58. The van der Waals surface area contributed by atoms with E-state index in [1.807, 2.05) is 18.2 Å². The minimum Gasteiger partial charge on any atom is -0.493 e. The number of ether oxygens (including phenoxy) is 2. The van der Waals surface area contributed by atoms with E-state index in [2.05, 4.69) is 5.32 Å². The molecule has 27 heavy (non-hydrogen) atoms. The van der Waals surface area contributed by atoms with E-state index in [0.29, 0.717) is 24.5 Å². The molecule has 1 aliphatic carbocycles. The van der Waals surface area contributed by atoms with Crippen LogP contribution in [-0.4, -0.2) is 31.6 Å². The number of hydrogen-bond acceptors (Lipinski definition) is 5. The first-order valence-corrected chi connectivity index (χ1v) is 8.74. The Hall–Kier alpha value is -3.09. The van der Waals surface area contributed by atoms with Crippen LogP contribution < -0.4 is 14.8 Å². The van der Waals surface area contributed by atoms with Gasteiger partial charge in [0.25, 0.3) is 5.69 Å². The molecule has 0 atom stereocenters. The summed E-state index contributed by atoms with van der Waals surface area (Å²) in [6.07, 6.45) is 2.18. The third kappa shape index (κ3) is 3.86. The van der Waals surface area contributed by atoms with Crippen LogP contribution in [0.15, 0.2) is 42.5 Å². The summed E-state index contributed by atoms with van der Waals surface area (Å²) in [6.45, 7) is 0.503. The van der Waals surface area contributed by atoms with E-state index in [9.17, 15) is 14.9 Å². The van der Waals surface area contributed by atoms with Gasteiger partial charge >= 0.3 is 0 Å². The molecule has 1 N–H and O–H groups in total. The molecule has 1 amide bonds. The van der Waals surface area contributed by atoms with Crippen molar-refractivity contribution >= 4 is 11.6 Å². The Kier molecular flexibility index (Phi) is 5.30. The molecule has 2 aromatic carbocycles. The Balaban J connectivity index is 1.60. The Bertz CT molecular complexity index is 844. The molecule has 2 aromatic rings. The van der Waals surface area contributed by atoms with Gasteiger partial charge < -0.3 is 14.8 Å². The number of rotatable bonds is 8. The topological polar surface area (TPSA) is 90.7 Å². The molecule has 0 spiro atoms. The van der Waals surface area contributed by atoms with Crippen LogP contribution in [0.4, 0.5) is 5.69 Å². The number of carbonyl (C=O) groups excluding carboxylic acids is 1. The summed E-state index contributed by atoms with van der Waals surface area (Å²) in [4.78, 5) is 23.0. The number of nitrogens with one attached hydrogen (secondary N) is 1. The van der Waals surface area contributed by atoms with Crippen molar-refractivity contribution in [2.45, 2.75) is 24.7 Å². The van der Waals surface area contributed by atoms with Crippen molar-refractivity contribution < 1.29 is 19.2 Å². The number of nitro groups is 1. The van der Waals surface area contributed by atoms with Crippen molar-refractivity contribution in [2.24, 2.45) is 0 Å². The van der Waals surface area contributed by atoms with Crippen LogP contribution in [0.5, 0.6) is 11.5 Å². The van der Waals surface area contributed by atoms with Gasteiger partial charge in [0.05, 0.1) is 24.6 Å². The quantitative estimate of drug-likeness (QED) is 0.570. The van der Waals surface area contributed by atoms with E-state index in [1.165, 1.54) is 12.1 Å². The zero-order valence-electron chi connectivity index (χ0n) is 15.4. The molecule has 1 fully saturated rings. The fourth-order valence-electron chi connectivity index (χ4n) is 3.20. The molecule has 0 unspecified atom stereocenters. The number of hydrogen-bond donors (Lipinski definition) is 1. The van der Waals surface area contributed by atoms with E-state index in [1.54, 1.807) is 26.4 Å². The zero-order chi connectivity index (χ0) is 19.4. The van der Waals surface area contributed by atoms with Gasteiger partial charge in [0.2, 0.25) is 5.91 Å². The van der Waals surface area contributed by atoms with Gasteiger partial charge in [-0.3, -0.25) is 14.9 Å². The average Bonchev–Trinajstić information content (AvgIpc) is 3.50. The lowest BCUT2D eigenvalue weighted by Gasteiger charge is -2.16. The number of nitrogens with zero attached hydrogens (tertiary/aromatic N) is 1. The third-order valence-electron chi connectivity index (χ3n) is 4.96. The van der Waals surface area contributed by atoms with Crippen LogP contribution in [-0.2, 0) is 16.6 Å². The number of nitro benzene ring substituents is 1. The first-order valence-electron chi connectivity index (χ1n) is 8.74. The van der Waals surface area contributed by atoms with Gasteiger partial charge in [-0.25, -0.2) is 0 Å². The summed E-state index contributed by atoms with van der Waals surface area (Å²) in [7, 11) is 3.18. The van der Waals surface area contributed by atoms with Gasteiger partial charge in [0.1, 0.15) is 0 Å². The van der Waals surface area contributed by atoms with E-state index < -0.39 is 10.3 Å². The lowest BCUT2D eigenvalue weighted by Crippen LogP contribution is -2.35. The number of benzene rings is 2. The SMILES string of the molecule is COc1ccc(CCNC(=O)C2(c3ccc([N+](=O)[O-])cc3)CC2)cc1OC. The number of non-ortho nitro benzene ring substituents is 1. The van der Waals surface area contributed by atoms with Crippen molar-refractivity contribution in [1.82, 2.24) is 5.32 Å². The van der Waals surface area contributed by atoms with Gasteiger partial charge in [0, 0.05) is 18.7 Å². The van der Waals surface area contributed by atoms with E-state index >= 15 is 0 Å². The smallest absolute Gasteiger partial charge is 0.269 e. The standard InChI is InChI=1S/C20H22N2O5/c1-26-17-8-3-14(13-18(17)27-2)9-12-21-19(23)20(10-11-20)15-4-6-16(7-5-15)22(24)25/h3-8,13H,9-12H2,1-2H3,(H,21,23). The number of methoxy groups -OCH3 is 2. The van der Waals surface area contributed by atoms with Crippen LogP contribution in [0.25, 0.3) is 0 Å². The number of carbonyl (C=O) groups is 1. The maximum Gasteiger partial charge on any atom is 0.269 e. The van der Waals surface area contributed by atoms with E-state index in [-0.39, 0.29) is 11.6 Å². The Morgan fingerprint density at radius 2 is 1.78 bits per heavy atom. The number of amides is 1. The Morgan fingerprint density at radius 1 is 1.11 bits per heavy atom. The summed E-state index contributed by atoms with van der Waals surface area (Å²) < 4.78 is 10.5. The van der Waals surface area contributed by atoms with Crippen molar-refractivity contribution in [2.75, 3.05) is 20.8 Å². The van der Waals surface area contributed by atoms with Crippen LogP contribution in [0.3, 0.4) is 0 Å². The van der Waals surface area contributed by atoms with Crippen molar-refractivity contribution in [3.8, 4) is 11.5 Å². The molecule has 0 radical (unpaired) electrons. The normalized spacial score (nSPS) is 14.3. The highest BCUT2D eigenvalue weighted by Crippen LogP contribution is 2.48. The van der Waals surface area contributed by atoms with Gasteiger partial charge in [0.15, 0.2) is 11.5 Å². The zero-order valence-corrected chi connectivity index (χ0v) is 15.4. The molecule has 0 bridgehead atoms. The maximum absolute atomic E-state index is 12.7. The van der Waals surface area contributed by atoms with Gasteiger partial charge in [-0.2, -0.15) is 0 Å². The minimum atomic E-state index is -0.549. The van der Waals surface area contributed by atoms with Crippen LogP contribution in [0.2, 0.25) is 0 Å². The monoisotopic (exact) mass is 370 g/mol. The molecule has 1 saturated carbocycles. The predicted octanol–water partition coefficient (Wildman–Crippen LogP) is 3.00. The van der Waals surface area contributed by atoms with Crippen molar-refractivity contribution in [1.29, 1.82) is 0 Å². The summed E-state index contributed by atoms with van der Waals surface area (Å²) in [6, 6.07) is 11.9. The molecule has 0 saturated heterocycles. The van der Waals surface area contributed by atoms with Crippen molar-refractivity contribution in [3.63, 3.8) is 0 Å². The van der Waals surface area contributed by atoms with E-state index in [0.717, 1.165) is 24.0 Å². The molecular formula is C20H22N2O5. The van der Waals surface area contributed by atoms with Crippen LogP contribution in [0, 0.1) is 10.1 Å². The molecule has 142 valence electrons. The fourth-order valence-corrected chi connectivity index (χ4v) is 3.20. The molecular weight excluding hydrogens is 348 g/mol. The van der Waals surface area contributed by atoms with Crippen molar-refractivity contribution in [3.05, 3.63) is 63.7 Å². The highest BCUT2D eigenvalue weighted by atomic mass is 16.6. The van der Waals surface area contributed by atoms with Crippen LogP contribution >= 0.6 is 0 Å².